The molecular formula is C17H27ClN2O. The Morgan fingerprint density at radius 1 is 1.33 bits per heavy atom. The zero-order valence-corrected chi connectivity index (χ0v) is 14.5. The lowest BCUT2D eigenvalue weighted by Crippen LogP contribution is -2.40. The van der Waals surface area contributed by atoms with Gasteiger partial charge >= 0.3 is 0 Å². The van der Waals surface area contributed by atoms with E-state index in [1.807, 2.05) is 39.2 Å². The molecule has 0 radical (unpaired) electrons. The fourth-order valence-electron chi connectivity index (χ4n) is 2.39. The van der Waals surface area contributed by atoms with Gasteiger partial charge in [0.05, 0.1) is 0 Å². The van der Waals surface area contributed by atoms with Crippen LogP contribution in [0.25, 0.3) is 0 Å². The molecule has 4 heteroatoms. The molecule has 1 aromatic carbocycles. The molecule has 0 atom stereocenters. The Balaban J connectivity index is 2.39. The van der Waals surface area contributed by atoms with Gasteiger partial charge in [-0.15, -0.1) is 0 Å². The molecule has 0 aliphatic heterocycles. The Morgan fingerprint density at radius 3 is 2.57 bits per heavy atom. The summed E-state index contributed by atoms with van der Waals surface area (Å²) < 4.78 is 0. The van der Waals surface area contributed by atoms with Crippen LogP contribution in [0, 0.1) is 12.3 Å². The van der Waals surface area contributed by atoms with Crippen LogP contribution in [-0.4, -0.2) is 38.0 Å². The normalized spacial score (nSPS) is 11.8. The van der Waals surface area contributed by atoms with Crippen LogP contribution in [0.15, 0.2) is 18.2 Å². The first-order valence-electron chi connectivity index (χ1n) is 7.36. The monoisotopic (exact) mass is 310 g/mol. The number of nitrogens with one attached hydrogen (secondary N) is 1. The van der Waals surface area contributed by atoms with E-state index in [1.165, 1.54) is 0 Å². The average Bonchev–Trinajstić information content (AvgIpc) is 2.36. The number of carbonyl (C=O) groups is 1. The highest BCUT2D eigenvalue weighted by atomic mass is 35.5. The number of nitrogens with zero attached hydrogens (tertiary/aromatic N) is 1. The Bertz CT molecular complexity index is 484. The first-order chi connectivity index (χ1) is 9.69. The van der Waals surface area contributed by atoms with Crippen molar-refractivity contribution in [3.63, 3.8) is 0 Å². The van der Waals surface area contributed by atoms with E-state index >= 15 is 0 Å². The van der Waals surface area contributed by atoms with Crippen molar-refractivity contribution in [3.05, 3.63) is 34.3 Å². The summed E-state index contributed by atoms with van der Waals surface area (Å²) in [6, 6.07) is 5.97. The smallest absolute Gasteiger partial charge is 0.220 e. The summed E-state index contributed by atoms with van der Waals surface area (Å²) in [7, 11) is 4.09. The highest BCUT2D eigenvalue weighted by Crippen LogP contribution is 2.18. The summed E-state index contributed by atoms with van der Waals surface area (Å²) in [6.07, 6.45) is 1.22. The Hall–Kier alpha value is -1.06. The average molecular weight is 311 g/mol. The van der Waals surface area contributed by atoms with Crippen molar-refractivity contribution < 1.29 is 4.79 Å². The van der Waals surface area contributed by atoms with Gasteiger partial charge in [0.15, 0.2) is 0 Å². The molecule has 0 heterocycles. The van der Waals surface area contributed by atoms with Crippen molar-refractivity contribution in [1.82, 2.24) is 10.2 Å². The standard InChI is InChI=1S/C17H27ClN2O/c1-13-6-7-14(10-15(13)18)8-9-16(21)19-11-17(2,3)12-20(4)5/h6-7,10H,8-9,11-12H2,1-5H3,(H,19,21). The lowest BCUT2D eigenvalue weighted by atomic mass is 9.93. The second-order valence-electron chi connectivity index (χ2n) is 6.76. The molecule has 0 saturated carbocycles. The molecule has 0 aliphatic carbocycles. The van der Waals surface area contributed by atoms with Crippen molar-refractivity contribution in [2.75, 3.05) is 27.2 Å². The van der Waals surface area contributed by atoms with E-state index in [1.54, 1.807) is 0 Å². The zero-order valence-electron chi connectivity index (χ0n) is 13.8. The lowest BCUT2D eigenvalue weighted by Gasteiger charge is -2.28. The number of carbonyl (C=O) groups excluding carboxylic acids is 1. The molecular weight excluding hydrogens is 284 g/mol. The van der Waals surface area contributed by atoms with Gasteiger partial charge in [0, 0.05) is 24.5 Å². The first-order valence-corrected chi connectivity index (χ1v) is 7.74. The van der Waals surface area contributed by atoms with Crippen LogP contribution in [0.4, 0.5) is 0 Å². The first kappa shape index (κ1) is 18.0. The van der Waals surface area contributed by atoms with E-state index in [9.17, 15) is 4.79 Å². The second-order valence-corrected chi connectivity index (χ2v) is 7.17. The number of rotatable bonds is 7. The minimum Gasteiger partial charge on any atom is -0.356 e. The molecule has 1 aromatic rings. The van der Waals surface area contributed by atoms with E-state index in [4.69, 9.17) is 11.6 Å². The van der Waals surface area contributed by atoms with Crippen LogP contribution < -0.4 is 5.32 Å². The van der Waals surface area contributed by atoms with Gasteiger partial charge < -0.3 is 10.2 Å². The number of halogens is 1. The summed E-state index contributed by atoms with van der Waals surface area (Å²) in [5, 5.41) is 3.79. The molecule has 1 rings (SSSR count). The predicted molar refractivity (Wildman–Crippen MR) is 89.9 cm³/mol. The van der Waals surface area contributed by atoms with Crippen LogP contribution in [-0.2, 0) is 11.2 Å². The molecule has 118 valence electrons. The third-order valence-corrected chi connectivity index (χ3v) is 3.79. The number of benzene rings is 1. The van der Waals surface area contributed by atoms with Gasteiger partial charge in [0.2, 0.25) is 5.91 Å². The van der Waals surface area contributed by atoms with Gasteiger partial charge in [-0.2, -0.15) is 0 Å². The maximum Gasteiger partial charge on any atom is 0.220 e. The van der Waals surface area contributed by atoms with Gasteiger partial charge in [-0.05, 0) is 50.0 Å². The summed E-state index contributed by atoms with van der Waals surface area (Å²) >= 11 is 6.09. The number of aryl methyl sites for hydroxylation is 2. The van der Waals surface area contributed by atoms with E-state index in [0.29, 0.717) is 13.0 Å². The second kappa shape index (κ2) is 7.81. The molecule has 0 aliphatic rings. The summed E-state index contributed by atoms with van der Waals surface area (Å²) in [5.74, 6) is 0.0959. The van der Waals surface area contributed by atoms with Crippen molar-refractivity contribution in [2.45, 2.75) is 33.6 Å². The third-order valence-electron chi connectivity index (χ3n) is 3.39. The maximum atomic E-state index is 11.9. The van der Waals surface area contributed by atoms with Gasteiger partial charge in [-0.1, -0.05) is 37.6 Å². The van der Waals surface area contributed by atoms with E-state index in [0.717, 1.165) is 29.1 Å². The van der Waals surface area contributed by atoms with Gasteiger partial charge in [-0.25, -0.2) is 0 Å². The summed E-state index contributed by atoms with van der Waals surface area (Å²) in [5.41, 5.74) is 2.25. The fourth-order valence-corrected chi connectivity index (χ4v) is 2.59. The summed E-state index contributed by atoms with van der Waals surface area (Å²) in [4.78, 5) is 14.1. The van der Waals surface area contributed by atoms with Crippen molar-refractivity contribution >= 4 is 17.5 Å². The van der Waals surface area contributed by atoms with Crippen LogP contribution in [0.1, 0.15) is 31.4 Å². The third kappa shape index (κ3) is 6.96. The number of hydrogen-bond donors (Lipinski definition) is 1. The molecule has 1 amide bonds. The highest BCUT2D eigenvalue weighted by Gasteiger charge is 2.19. The maximum absolute atomic E-state index is 11.9. The van der Waals surface area contributed by atoms with Gasteiger partial charge in [0.1, 0.15) is 0 Å². The van der Waals surface area contributed by atoms with Gasteiger partial charge in [0.25, 0.3) is 0 Å². The lowest BCUT2D eigenvalue weighted by molar-refractivity contribution is -0.121. The topological polar surface area (TPSA) is 32.3 Å². The zero-order chi connectivity index (χ0) is 16.0. The molecule has 0 unspecified atom stereocenters. The molecule has 21 heavy (non-hydrogen) atoms. The molecule has 3 nitrogen and oxygen atoms in total. The molecule has 0 bridgehead atoms. The van der Waals surface area contributed by atoms with Crippen molar-refractivity contribution in [2.24, 2.45) is 5.41 Å². The van der Waals surface area contributed by atoms with Crippen LogP contribution in [0.2, 0.25) is 5.02 Å². The number of hydrogen-bond acceptors (Lipinski definition) is 2. The number of amides is 1. The van der Waals surface area contributed by atoms with Crippen molar-refractivity contribution in [1.29, 1.82) is 0 Å². The fraction of sp³-hybridized carbons (Fsp3) is 0.588. The molecule has 0 aromatic heterocycles. The molecule has 0 fully saturated rings. The quantitative estimate of drug-likeness (QED) is 0.838. The molecule has 1 N–H and O–H groups in total. The van der Waals surface area contributed by atoms with Crippen LogP contribution >= 0.6 is 11.6 Å². The van der Waals surface area contributed by atoms with E-state index in [2.05, 4.69) is 24.1 Å². The van der Waals surface area contributed by atoms with Crippen molar-refractivity contribution in [3.8, 4) is 0 Å². The minimum absolute atomic E-state index is 0.0757. The Kier molecular flexibility index (Phi) is 6.69. The minimum atomic E-state index is 0.0757. The summed E-state index contributed by atoms with van der Waals surface area (Å²) in [6.45, 7) is 7.94. The Morgan fingerprint density at radius 2 is 2.00 bits per heavy atom. The highest BCUT2D eigenvalue weighted by molar-refractivity contribution is 6.31. The SMILES string of the molecule is Cc1ccc(CCC(=O)NCC(C)(C)CN(C)C)cc1Cl. The van der Waals surface area contributed by atoms with Crippen LogP contribution in [0.5, 0.6) is 0 Å². The van der Waals surface area contributed by atoms with Crippen LogP contribution in [0.3, 0.4) is 0 Å². The van der Waals surface area contributed by atoms with E-state index in [-0.39, 0.29) is 11.3 Å². The van der Waals surface area contributed by atoms with Gasteiger partial charge in [-0.3, -0.25) is 4.79 Å². The largest absolute Gasteiger partial charge is 0.356 e. The predicted octanol–water partition coefficient (Wildman–Crippen LogP) is 3.29. The van der Waals surface area contributed by atoms with E-state index < -0.39 is 0 Å². The molecule has 0 saturated heterocycles. The Labute approximate surface area is 133 Å². The molecule has 0 spiro atoms.